The highest BCUT2D eigenvalue weighted by Crippen LogP contribution is 2.19. The quantitative estimate of drug-likeness (QED) is 0.379. The maximum Gasteiger partial charge on any atom is 0.331 e. The number of hydrogen-bond acceptors (Lipinski definition) is 5. The molecule has 1 aliphatic rings. The van der Waals surface area contributed by atoms with E-state index >= 15 is 0 Å². The number of aliphatic hydroxyl groups excluding tert-OH is 1. The van der Waals surface area contributed by atoms with Crippen LogP contribution in [0.4, 0.5) is 0 Å². The van der Waals surface area contributed by atoms with Gasteiger partial charge in [0, 0.05) is 19.4 Å². The number of likely N-dealkylation sites (tertiary alicyclic amines) is 1. The third-order valence-electron chi connectivity index (χ3n) is 4.58. The Morgan fingerprint density at radius 2 is 2.11 bits per heavy atom. The Balaban J connectivity index is 1.83. The van der Waals surface area contributed by atoms with Crippen LogP contribution in [0.25, 0.3) is 0 Å². The molecule has 0 saturated carbocycles. The fraction of sp³-hybridized carbons (Fsp3) is 0.455. The average molecular weight is 387 g/mol. The molecule has 2 rings (SSSR count). The highest BCUT2D eigenvalue weighted by Gasteiger charge is 2.25. The monoisotopic (exact) mass is 387 g/mol. The van der Waals surface area contributed by atoms with Gasteiger partial charge in [-0.25, -0.2) is 4.79 Å². The SMILES string of the molecule is COC(=O)COC/C=C\CN1C(=O)CCCC1/C=C/[C@H](O)Cc1ccccc1. The number of benzene rings is 1. The first-order valence-corrected chi connectivity index (χ1v) is 9.59. The van der Waals surface area contributed by atoms with E-state index in [1.54, 1.807) is 12.2 Å². The molecule has 0 radical (unpaired) electrons. The van der Waals surface area contributed by atoms with Gasteiger partial charge in [-0.1, -0.05) is 54.6 Å². The fourth-order valence-electron chi connectivity index (χ4n) is 3.09. The highest BCUT2D eigenvalue weighted by atomic mass is 16.6. The van der Waals surface area contributed by atoms with E-state index in [2.05, 4.69) is 4.74 Å². The Labute approximate surface area is 166 Å². The van der Waals surface area contributed by atoms with Gasteiger partial charge in [-0.3, -0.25) is 4.79 Å². The number of aliphatic hydroxyl groups is 1. The van der Waals surface area contributed by atoms with Gasteiger partial charge in [-0.15, -0.1) is 0 Å². The van der Waals surface area contributed by atoms with Crippen LogP contribution >= 0.6 is 0 Å². The van der Waals surface area contributed by atoms with E-state index in [0.717, 1.165) is 18.4 Å². The molecule has 1 heterocycles. The number of amides is 1. The Morgan fingerprint density at radius 3 is 2.86 bits per heavy atom. The lowest BCUT2D eigenvalue weighted by molar-refractivity contribution is -0.145. The minimum atomic E-state index is -0.580. The van der Waals surface area contributed by atoms with Crippen molar-refractivity contribution in [2.24, 2.45) is 0 Å². The molecule has 0 aliphatic carbocycles. The van der Waals surface area contributed by atoms with Crippen molar-refractivity contribution in [2.45, 2.75) is 37.8 Å². The molecule has 1 amide bonds. The van der Waals surface area contributed by atoms with Gasteiger partial charge in [0.05, 0.1) is 25.9 Å². The van der Waals surface area contributed by atoms with Crippen LogP contribution in [0.5, 0.6) is 0 Å². The summed E-state index contributed by atoms with van der Waals surface area (Å²) in [6.07, 6.45) is 9.62. The van der Waals surface area contributed by atoms with Crippen LogP contribution in [-0.4, -0.2) is 60.9 Å². The summed E-state index contributed by atoms with van der Waals surface area (Å²) in [6.45, 7) is 0.672. The van der Waals surface area contributed by atoms with Gasteiger partial charge in [0.2, 0.25) is 5.91 Å². The van der Waals surface area contributed by atoms with Gasteiger partial charge in [0.15, 0.2) is 0 Å². The zero-order valence-corrected chi connectivity index (χ0v) is 16.3. The average Bonchev–Trinajstić information content (AvgIpc) is 2.70. The molecule has 1 unspecified atom stereocenters. The largest absolute Gasteiger partial charge is 0.467 e. The predicted molar refractivity (Wildman–Crippen MR) is 107 cm³/mol. The first kappa shape index (κ1) is 21.9. The van der Waals surface area contributed by atoms with Crippen LogP contribution in [0.3, 0.4) is 0 Å². The van der Waals surface area contributed by atoms with Gasteiger partial charge in [-0.05, 0) is 18.4 Å². The van der Waals surface area contributed by atoms with Gasteiger partial charge in [0.1, 0.15) is 6.61 Å². The van der Waals surface area contributed by atoms with Crippen molar-refractivity contribution < 1.29 is 24.2 Å². The Hall–Kier alpha value is -2.44. The Morgan fingerprint density at radius 1 is 1.32 bits per heavy atom. The first-order valence-electron chi connectivity index (χ1n) is 9.59. The van der Waals surface area contributed by atoms with Crippen molar-refractivity contribution >= 4 is 11.9 Å². The van der Waals surface area contributed by atoms with Crippen molar-refractivity contribution in [3.8, 4) is 0 Å². The van der Waals surface area contributed by atoms with Crippen molar-refractivity contribution in [1.29, 1.82) is 0 Å². The summed E-state index contributed by atoms with van der Waals surface area (Å²) in [6, 6.07) is 9.81. The van der Waals surface area contributed by atoms with E-state index in [4.69, 9.17) is 4.74 Å². The zero-order chi connectivity index (χ0) is 20.2. The van der Waals surface area contributed by atoms with E-state index < -0.39 is 12.1 Å². The summed E-state index contributed by atoms with van der Waals surface area (Å²) >= 11 is 0. The molecule has 6 nitrogen and oxygen atoms in total. The number of piperidine rings is 1. The molecule has 0 bridgehead atoms. The summed E-state index contributed by atoms with van der Waals surface area (Å²) in [5, 5.41) is 10.3. The number of methoxy groups -OCH3 is 1. The van der Waals surface area contributed by atoms with E-state index in [1.165, 1.54) is 7.11 Å². The predicted octanol–water partition coefficient (Wildman–Crippen LogP) is 2.27. The van der Waals surface area contributed by atoms with Gasteiger partial charge in [-0.2, -0.15) is 0 Å². The second-order valence-electron chi connectivity index (χ2n) is 6.71. The van der Waals surface area contributed by atoms with E-state index in [-0.39, 0.29) is 25.2 Å². The molecule has 152 valence electrons. The van der Waals surface area contributed by atoms with Crippen LogP contribution in [0.1, 0.15) is 24.8 Å². The van der Waals surface area contributed by atoms with Crippen molar-refractivity contribution in [2.75, 3.05) is 26.9 Å². The summed E-state index contributed by atoms with van der Waals surface area (Å²) < 4.78 is 9.65. The van der Waals surface area contributed by atoms with E-state index in [1.807, 2.05) is 47.4 Å². The minimum Gasteiger partial charge on any atom is -0.467 e. The summed E-state index contributed by atoms with van der Waals surface area (Å²) in [5.41, 5.74) is 1.08. The standard InChI is InChI=1S/C22H29NO5/c1-27-22(26)17-28-15-6-5-14-23-19(10-7-11-21(23)25)12-13-20(24)16-18-8-3-2-4-9-18/h2-6,8-9,12-13,19-20,24H,7,10-11,14-17H2,1H3/b6-5-,13-12+/t19?,20-/m0/s1. The van der Waals surface area contributed by atoms with Crippen molar-refractivity contribution in [3.05, 3.63) is 60.2 Å². The molecule has 1 aromatic rings. The third kappa shape index (κ3) is 7.66. The first-order chi connectivity index (χ1) is 13.6. The van der Waals surface area contributed by atoms with Crippen molar-refractivity contribution in [3.63, 3.8) is 0 Å². The number of rotatable bonds is 10. The molecule has 6 heteroatoms. The Bertz CT molecular complexity index is 671. The molecular weight excluding hydrogens is 358 g/mol. The van der Waals surface area contributed by atoms with Crippen LogP contribution < -0.4 is 0 Å². The molecular formula is C22H29NO5. The zero-order valence-electron chi connectivity index (χ0n) is 16.3. The number of hydrogen-bond donors (Lipinski definition) is 1. The number of carbonyl (C=O) groups excluding carboxylic acids is 2. The van der Waals surface area contributed by atoms with E-state index in [9.17, 15) is 14.7 Å². The van der Waals surface area contributed by atoms with Crippen LogP contribution in [0, 0.1) is 0 Å². The lowest BCUT2D eigenvalue weighted by Gasteiger charge is -2.33. The van der Waals surface area contributed by atoms with Gasteiger partial charge < -0.3 is 19.5 Å². The number of ether oxygens (including phenoxy) is 2. The summed E-state index contributed by atoms with van der Waals surface area (Å²) in [4.78, 5) is 25.1. The molecule has 1 fully saturated rings. The lowest BCUT2D eigenvalue weighted by atomic mass is 9.99. The minimum absolute atomic E-state index is 0.0210. The second-order valence-corrected chi connectivity index (χ2v) is 6.71. The van der Waals surface area contributed by atoms with Crippen molar-refractivity contribution in [1.82, 2.24) is 4.90 Å². The molecule has 2 atom stereocenters. The molecule has 1 aromatic carbocycles. The summed E-state index contributed by atoms with van der Waals surface area (Å²) in [7, 11) is 1.31. The van der Waals surface area contributed by atoms with Crippen LogP contribution in [0.2, 0.25) is 0 Å². The third-order valence-corrected chi connectivity index (χ3v) is 4.58. The molecule has 1 N–H and O–H groups in total. The maximum absolute atomic E-state index is 12.3. The molecule has 1 aliphatic heterocycles. The highest BCUT2D eigenvalue weighted by molar-refractivity contribution is 5.77. The molecule has 0 spiro atoms. The smallest absolute Gasteiger partial charge is 0.331 e. The summed E-state index contributed by atoms with van der Waals surface area (Å²) in [5.74, 6) is -0.308. The molecule has 28 heavy (non-hydrogen) atoms. The topological polar surface area (TPSA) is 76.1 Å². The van der Waals surface area contributed by atoms with Gasteiger partial charge in [0.25, 0.3) is 0 Å². The lowest BCUT2D eigenvalue weighted by Crippen LogP contribution is -2.42. The number of carbonyl (C=O) groups is 2. The van der Waals surface area contributed by atoms with Gasteiger partial charge >= 0.3 is 5.97 Å². The normalized spacial score (nSPS) is 18.7. The van der Waals surface area contributed by atoms with E-state index in [0.29, 0.717) is 19.4 Å². The fourth-order valence-corrected chi connectivity index (χ4v) is 3.09. The number of nitrogens with zero attached hydrogens (tertiary/aromatic N) is 1. The van der Waals surface area contributed by atoms with Crippen LogP contribution in [-0.2, 0) is 25.5 Å². The molecule has 0 aromatic heterocycles. The maximum atomic E-state index is 12.3. The number of esters is 1. The molecule has 1 saturated heterocycles. The van der Waals surface area contributed by atoms with Crippen LogP contribution in [0.15, 0.2) is 54.6 Å². The second kappa shape index (κ2) is 12.1. The Kier molecular flexibility index (Phi) is 9.45.